The average molecular weight is 485 g/mol. The molecule has 0 aliphatic carbocycles. The molecule has 0 amide bonds. The highest BCUT2D eigenvalue weighted by molar-refractivity contribution is 8.03. The molecule has 2 fully saturated rings. The molecule has 7 heteroatoms. The molecule has 2 aromatic heterocycles. The van der Waals surface area contributed by atoms with Crippen LogP contribution in [0, 0.1) is 11.3 Å². The van der Waals surface area contributed by atoms with E-state index in [1.165, 1.54) is 36.3 Å². The molecule has 6 rings (SSSR count). The average Bonchev–Trinajstić information content (AvgIpc) is 3.21. The molecule has 3 aromatic rings. The lowest BCUT2D eigenvalue weighted by atomic mass is 9.84. The molecule has 2 saturated heterocycles. The van der Waals surface area contributed by atoms with Crippen LogP contribution < -0.4 is 5.32 Å². The molecule has 35 heavy (non-hydrogen) atoms. The fourth-order valence-electron chi connectivity index (χ4n) is 6.38. The Morgan fingerprint density at radius 2 is 1.97 bits per heavy atom. The van der Waals surface area contributed by atoms with Crippen molar-refractivity contribution in [3.63, 3.8) is 0 Å². The first-order valence-corrected chi connectivity index (χ1v) is 13.3. The summed E-state index contributed by atoms with van der Waals surface area (Å²) in [6.45, 7) is 4.79. The van der Waals surface area contributed by atoms with Gasteiger partial charge < -0.3 is 10.2 Å². The fourth-order valence-corrected chi connectivity index (χ4v) is 7.52. The van der Waals surface area contributed by atoms with Crippen molar-refractivity contribution in [3.05, 3.63) is 52.7 Å². The van der Waals surface area contributed by atoms with E-state index in [0.717, 1.165) is 40.0 Å². The van der Waals surface area contributed by atoms with Gasteiger partial charge in [0.1, 0.15) is 16.6 Å². The Kier molecular flexibility index (Phi) is 5.24. The van der Waals surface area contributed by atoms with E-state index < -0.39 is 0 Å². The van der Waals surface area contributed by atoms with Gasteiger partial charge in [0.15, 0.2) is 0 Å². The van der Waals surface area contributed by atoms with Crippen molar-refractivity contribution >= 4 is 22.7 Å². The molecule has 3 aliphatic heterocycles. The Balaban J connectivity index is 1.31. The minimum absolute atomic E-state index is 0.245. The fraction of sp³-hybridized carbons (Fsp3) is 0.464. The molecule has 0 radical (unpaired) electrons. The van der Waals surface area contributed by atoms with Gasteiger partial charge in [0.25, 0.3) is 0 Å². The van der Waals surface area contributed by atoms with Gasteiger partial charge in [-0.15, -0.1) is 0 Å². The summed E-state index contributed by atoms with van der Waals surface area (Å²) in [5.41, 5.74) is 4.99. The number of pyridine rings is 1. The normalized spacial score (nSPS) is 27.7. The van der Waals surface area contributed by atoms with E-state index in [1.54, 1.807) is 16.4 Å². The summed E-state index contributed by atoms with van der Waals surface area (Å²) in [5.74, 6) is 0. The third-order valence-corrected chi connectivity index (χ3v) is 9.32. The van der Waals surface area contributed by atoms with Crippen molar-refractivity contribution in [1.29, 1.82) is 5.26 Å². The van der Waals surface area contributed by atoms with Gasteiger partial charge >= 0.3 is 0 Å². The Hall–Kier alpha value is -2.82. The largest absolute Gasteiger partial charge is 0.366 e. The topological polar surface area (TPSA) is 69.8 Å². The van der Waals surface area contributed by atoms with Gasteiger partial charge in [-0.25, -0.2) is 4.98 Å². The number of piperidine rings is 1. The third-order valence-electron chi connectivity index (χ3n) is 8.11. The molecular formula is C28H32N6S. The monoisotopic (exact) mass is 484 g/mol. The maximum absolute atomic E-state index is 9.70. The molecule has 2 bridgehead atoms. The lowest BCUT2D eigenvalue weighted by molar-refractivity contribution is 0.135. The van der Waals surface area contributed by atoms with Crippen LogP contribution in [0.2, 0.25) is 0 Å². The predicted molar refractivity (Wildman–Crippen MR) is 141 cm³/mol. The highest BCUT2D eigenvalue weighted by atomic mass is 32.2. The summed E-state index contributed by atoms with van der Waals surface area (Å²) in [6, 6.07) is 11.2. The Morgan fingerprint density at radius 3 is 2.71 bits per heavy atom. The van der Waals surface area contributed by atoms with Crippen molar-refractivity contribution < 1.29 is 0 Å². The molecule has 0 saturated carbocycles. The molecule has 2 unspecified atom stereocenters. The second-order valence-electron chi connectivity index (χ2n) is 11.1. The molecule has 5 heterocycles. The number of nitriles is 1. The lowest BCUT2D eigenvalue weighted by Crippen LogP contribution is -2.58. The van der Waals surface area contributed by atoms with E-state index in [4.69, 9.17) is 4.98 Å². The molecule has 1 aromatic carbocycles. The van der Waals surface area contributed by atoms with Crippen LogP contribution in [0.1, 0.15) is 57.1 Å². The summed E-state index contributed by atoms with van der Waals surface area (Å²) >= 11 is 1.80. The first-order chi connectivity index (χ1) is 16.7. The number of aryl methyl sites for hydroxylation is 2. The van der Waals surface area contributed by atoms with Crippen LogP contribution in [-0.2, 0) is 13.5 Å². The molecule has 180 valence electrons. The van der Waals surface area contributed by atoms with Crippen molar-refractivity contribution in [3.8, 4) is 17.3 Å². The minimum atomic E-state index is 0.245. The summed E-state index contributed by atoms with van der Waals surface area (Å²) < 4.78 is 1.76. The van der Waals surface area contributed by atoms with Crippen LogP contribution in [0.4, 0.5) is 0 Å². The highest BCUT2D eigenvalue weighted by Gasteiger charge is 2.49. The van der Waals surface area contributed by atoms with Crippen LogP contribution >= 0.6 is 11.8 Å². The minimum Gasteiger partial charge on any atom is -0.366 e. The number of benzene rings is 1. The van der Waals surface area contributed by atoms with E-state index in [2.05, 4.69) is 66.6 Å². The van der Waals surface area contributed by atoms with Crippen LogP contribution in [-0.4, -0.2) is 43.8 Å². The first kappa shape index (κ1) is 22.6. The van der Waals surface area contributed by atoms with Crippen LogP contribution in [0.25, 0.3) is 22.2 Å². The van der Waals surface area contributed by atoms with Crippen LogP contribution in [0.5, 0.6) is 0 Å². The number of hydrogen-bond acceptors (Lipinski definition) is 6. The number of hydrogen-bond donors (Lipinski definition) is 1. The third kappa shape index (κ3) is 4.03. The number of allylic oxidation sites excluding steroid dienone is 1. The SMILES string of the molecule is CN(C1=CCCc2ccc(-c3cc(C#N)c4nn(C)cc4c3)nc2S1)C1CC2(C)CCC(C)(C1)N2. The van der Waals surface area contributed by atoms with Gasteiger partial charge in [-0.1, -0.05) is 23.9 Å². The van der Waals surface area contributed by atoms with Crippen molar-refractivity contribution in [2.75, 3.05) is 7.05 Å². The number of thioether (sulfide) groups is 1. The van der Waals surface area contributed by atoms with Crippen molar-refractivity contribution in [2.24, 2.45) is 7.05 Å². The van der Waals surface area contributed by atoms with Gasteiger partial charge in [-0.05, 0) is 76.1 Å². The number of rotatable bonds is 3. The van der Waals surface area contributed by atoms with E-state index in [0.29, 0.717) is 11.6 Å². The van der Waals surface area contributed by atoms with Crippen LogP contribution in [0.15, 0.2) is 46.6 Å². The molecule has 3 aliphatic rings. The number of nitrogens with one attached hydrogen (secondary N) is 1. The van der Waals surface area contributed by atoms with Crippen LogP contribution in [0.3, 0.4) is 0 Å². The Morgan fingerprint density at radius 1 is 1.20 bits per heavy atom. The first-order valence-electron chi connectivity index (χ1n) is 12.5. The van der Waals surface area contributed by atoms with Gasteiger partial charge in [-0.3, -0.25) is 4.68 Å². The molecule has 1 N–H and O–H groups in total. The molecule has 6 nitrogen and oxygen atoms in total. The number of aromatic nitrogens is 3. The second-order valence-corrected chi connectivity index (χ2v) is 12.1. The van der Waals surface area contributed by atoms with Gasteiger partial charge in [0.2, 0.25) is 0 Å². The van der Waals surface area contributed by atoms with Gasteiger partial charge in [-0.2, -0.15) is 10.4 Å². The summed E-state index contributed by atoms with van der Waals surface area (Å²) in [4.78, 5) is 7.65. The van der Waals surface area contributed by atoms with Crippen molar-refractivity contribution in [1.82, 2.24) is 25.0 Å². The zero-order chi connectivity index (χ0) is 24.4. The van der Waals surface area contributed by atoms with Gasteiger partial charge in [0, 0.05) is 48.4 Å². The molecule has 0 spiro atoms. The van der Waals surface area contributed by atoms with E-state index in [-0.39, 0.29) is 11.1 Å². The quantitative estimate of drug-likeness (QED) is 0.538. The van der Waals surface area contributed by atoms with Crippen molar-refractivity contribution in [2.45, 2.75) is 74.5 Å². The smallest absolute Gasteiger partial charge is 0.110 e. The Labute approximate surface area is 211 Å². The van der Waals surface area contributed by atoms with E-state index >= 15 is 0 Å². The molecular weight excluding hydrogens is 452 g/mol. The zero-order valence-corrected chi connectivity index (χ0v) is 21.7. The Bertz CT molecular complexity index is 1380. The maximum Gasteiger partial charge on any atom is 0.110 e. The second kappa shape index (κ2) is 8.11. The number of nitrogens with zero attached hydrogens (tertiary/aromatic N) is 5. The standard InChI is InChI=1S/C28H32N6S/c1-27-10-11-28(2,32-27)15-22(14-27)34(4)24-7-5-6-18-8-9-23(30-26(18)35-24)19-12-20(16-29)25-21(13-19)17-33(3)31-25/h7-9,12-13,17,22,32H,5-6,10-11,14-15H2,1-4H3. The van der Waals surface area contributed by atoms with E-state index in [9.17, 15) is 5.26 Å². The predicted octanol–water partition coefficient (Wildman–Crippen LogP) is 5.38. The summed E-state index contributed by atoms with van der Waals surface area (Å²) in [7, 11) is 4.16. The summed E-state index contributed by atoms with van der Waals surface area (Å²) in [6.07, 6.45) is 11.3. The summed E-state index contributed by atoms with van der Waals surface area (Å²) in [5, 5.41) is 21.4. The molecule has 2 atom stereocenters. The zero-order valence-electron chi connectivity index (χ0n) is 20.9. The maximum atomic E-state index is 9.70. The highest BCUT2D eigenvalue weighted by Crippen LogP contribution is 2.45. The number of fused-ring (bicyclic) bond motifs is 4. The lowest BCUT2D eigenvalue weighted by Gasteiger charge is -2.46. The van der Waals surface area contributed by atoms with E-state index in [1.807, 2.05) is 19.3 Å². The van der Waals surface area contributed by atoms with Gasteiger partial charge in [0.05, 0.1) is 16.3 Å².